The number of imide groups is 1. The predicted octanol–water partition coefficient (Wildman–Crippen LogP) is 3.78. The van der Waals surface area contributed by atoms with Gasteiger partial charge in [0.25, 0.3) is 21.8 Å². The summed E-state index contributed by atoms with van der Waals surface area (Å²) in [6.45, 7) is 0.00636. The Hall–Kier alpha value is -3.89. The smallest absolute Gasteiger partial charge is 0.342 e. The lowest BCUT2D eigenvalue weighted by molar-refractivity contribution is 0.0631. The summed E-state index contributed by atoms with van der Waals surface area (Å²) in [5.41, 5.74) is 1.01. The molecule has 4 amide bonds. The summed E-state index contributed by atoms with van der Waals surface area (Å²) in [6, 6.07) is 16.0. The van der Waals surface area contributed by atoms with Gasteiger partial charge in [0.05, 0.1) is 29.0 Å². The second-order valence-corrected chi connectivity index (χ2v) is 10.1. The zero-order valence-electron chi connectivity index (χ0n) is 18.3. The molecule has 0 atom stereocenters. The fourth-order valence-corrected chi connectivity index (χ4v) is 5.78. The summed E-state index contributed by atoms with van der Waals surface area (Å²) in [5, 5.41) is 0.410. The van der Waals surface area contributed by atoms with Crippen LogP contribution in [0.25, 0.3) is 0 Å². The molecule has 0 saturated heterocycles. The van der Waals surface area contributed by atoms with Gasteiger partial charge in [-0.1, -0.05) is 23.7 Å². The van der Waals surface area contributed by atoms with Crippen molar-refractivity contribution in [3.63, 3.8) is 0 Å². The van der Waals surface area contributed by atoms with Gasteiger partial charge in [-0.05, 0) is 48.5 Å². The first-order valence-corrected chi connectivity index (χ1v) is 12.3. The highest BCUT2D eigenvalue weighted by Gasteiger charge is 2.41. The molecule has 9 nitrogen and oxygen atoms in total. The highest BCUT2D eigenvalue weighted by molar-refractivity contribution is 7.94. The number of sulfonamides is 1. The van der Waals surface area contributed by atoms with E-state index in [0.717, 1.165) is 4.90 Å². The van der Waals surface area contributed by atoms with Gasteiger partial charge in [0, 0.05) is 18.1 Å². The molecule has 0 spiro atoms. The fourth-order valence-electron chi connectivity index (χ4n) is 4.03. The van der Waals surface area contributed by atoms with Gasteiger partial charge in [-0.2, -0.15) is 4.31 Å². The van der Waals surface area contributed by atoms with E-state index in [9.17, 15) is 22.8 Å². The topological polar surface area (TPSA) is 104 Å². The summed E-state index contributed by atoms with van der Waals surface area (Å²) >= 11 is 5.89. The quantitative estimate of drug-likeness (QED) is 0.483. The molecule has 0 fully saturated rings. The van der Waals surface area contributed by atoms with Crippen molar-refractivity contribution in [2.24, 2.45) is 0 Å². The fraction of sp³-hybridized carbons (Fsp3) is 0.125. The molecule has 178 valence electrons. The molecular weight excluding hydrogens is 494 g/mol. The Labute approximate surface area is 206 Å². The van der Waals surface area contributed by atoms with Gasteiger partial charge >= 0.3 is 6.03 Å². The van der Waals surface area contributed by atoms with Gasteiger partial charge in [-0.3, -0.25) is 19.4 Å². The van der Waals surface area contributed by atoms with Crippen molar-refractivity contribution >= 4 is 50.8 Å². The van der Waals surface area contributed by atoms with Crippen LogP contribution in [0.1, 0.15) is 20.7 Å². The SMILES string of the molecule is CN1C(=O)N(c2ccc(Cl)cc2)S(=O)(=O)c2ccc(OCCN3C(=O)c4ccccc4C3=O)cc21. The van der Waals surface area contributed by atoms with Crippen molar-refractivity contribution in [1.29, 1.82) is 0 Å². The van der Waals surface area contributed by atoms with Gasteiger partial charge in [-0.15, -0.1) is 0 Å². The third-order valence-corrected chi connectivity index (χ3v) is 7.79. The summed E-state index contributed by atoms with van der Waals surface area (Å²) in [6.07, 6.45) is 0. The molecule has 3 aromatic rings. The van der Waals surface area contributed by atoms with Gasteiger partial charge < -0.3 is 4.74 Å². The first-order chi connectivity index (χ1) is 16.7. The Morgan fingerprint density at radius 2 is 1.51 bits per heavy atom. The van der Waals surface area contributed by atoms with Crippen LogP contribution in [-0.2, 0) is 10.0 Å². The minimum Gasteiger partial charge on any atom is -0.492 e. The number of urea groups is 1. The van der Waals surface area contributed by atoms with E-state index in [1.807, 2.05) is 0 Å². The largest absolute Gasteiger partial charge is 0.492 e. The van der Waals surface area contributed by atoms with Crippen LogP contribution < -0.4 is 13.9 Å². The zero-order valence-corrected chi connectivity index (χ0v) is 19.9. The minimum atomic E-state index is -4.18. The van der Waals surface area contributed by atoms with E-state index >= 15 is 0 Å². The standard InChI is InChI=1S/C24H18ClN3O6S/c1-26-20-14-17(34-13-12-27-22(29)18-4-2-3-5-19(18)23(27)30)10-11-21(20)35(32,33)28(24(26)31)16-8-6-15(25)7-9-16/h2-11,14H,12-13H2,1H3. The molecule has 35 heavy (non-hydrogen) atoms. The number of halogens is 1. The highest BCUT2D eigenvalue weighted by atomic mass is 35.5. The third kappa shape index (κ3) is 3.71. The number of hydrogen-bond acceptors (Lipinski definition) is 6. The van der Waals surface area contributed by atoms with Crippen molar-refractivity contribution in [3.8, 4) is 5.75 Å². The average Bonchev–Trinajstić information content (AvgIpc) is 3.09. The maximum atomic E-state index is 13.2. The van der Waals surface area contributed by atoms with Gasteiger partial charge in [-0.25, -0.2) is 13.2 Å². The van der Waals surface area contributed by atoms with Crippen LogP contribution in [0.4, 0.5) is 16.2 Å². The van der Waals surface area contributed by atoms with Crippen molar-refractivity contribution in [1.82, 2.24) is 4.90 Å². The number of rotatable bonds is 5. The molecule has 0 aliphatic carbocycles. The molecule has 0 unspecified atom stereocenters. The van der Waals surface area contributed by atoms with E-state index < -0.39 is 27.9 Å². The zero-order chi connectivity index (χ0) is 24.9. The number of amides is 4. The number of anilines is 2. The Kier molecular flexibility index (Phi) is 5.49. The molecule has 5 rings (SSSR count). The van der Waals surface area contributed by atoms with Gasteiger partial charge in [0.2, 0.25) is 0 Å². The Morgan fingerprint density at radius 1 is 0.886 bits per heavy atom. The maximum absolute atomic E-state index is 13.2. The summed E-state index contributed by atoms with van der Waals surface area (Å²) < 4.78 is 32.9. The van der Waals surface area contributed by atoms with Crippen molar-refractivity contribution in [2.75, 3.05) is 29.4 Å². The van der Waals surface area contributed by atoms with Crippen LogP contribution in [0.3, 0.4) is 0 Å². The van der Waals surface area contributed by atoms with Crippen molar-refractivity contribution in [3.05, 3.63) is 82.9 Å². The molecule has 2 heterocycles. The number of fused-ring (bicyclic) bond motifs is 2. The Morgan fingerprint density at radius 3 is 2.14 bits per heavy atom. The molecule has 2 aliphatic rings. The molecule has 0 N–H and O–H groups in total. The average molecular weight is 512 g/mol. The van der Waals surface area contributed by atoms with Crippen LogP contribution in [0.2, 0.25) is 5.02 Å². The minimum absolute atomic E-state index is 0.00837. The lowest BCUT2D eigenvalue weighted by Gasteiger charge is -2.34. The molecule has 0 saturated carbocycles. The summed E-state index contributed by atoms with van der Waals surface area (Å²) in [4.78, 5) is 40.2. The molecular formula is C24H18ClN3O6S. The first kappa shape index (κ1) is 22.9. The summed E-state index contributed by atoms with van der Waals surface area (Å²) in [7, 11) is -2.72. The van der Waals surface area contributed by atoms with E-state index in [-0.39, 0.29) is 35.2 Å². The van der Waals surface area contributed by atoms with E-state index in [0.29, 0.717) is 20.5 Å². The Bertz CT molecular complexity index is 1450. The number of hydrogen-bond donors (Lipinski definition) is 0. The van der Waals surface area contributed by atoms with Crippen LogP contribution in [0.15, 0.2) is 71.6 Å². The molecule has 3 aromatic carbocycles. The number of carbonyl (C=O) groups excluding carboxylic acids is 3. The lowest BCUT2D eigenvalue weighted by Crippen LogP contribution is -2.49. The molecule has 2 aliphatic heterocycles. The number of carbonyl (C=O) groups is 3. The highest BCUT2D eigenvalue weighted by Crippen LogP contribution is 2.38. The first-order valence-electron chi connectivity index (χ1n) is 10.5. The maximum Gasteiger partial charge on any atom is 0.342 e. The van der Waals surface area contributed by atoms with Gasteiger partial charge in [0.15, 0.2) is 0 Å². The normalized spacial score (nSPS) is 16.4. The molecule has 11 heteroatoms. The van der Waals surface area contributed by atoms with E-state index in [2.05, 4.69) is 0 Å². The van der Waals surface area contributed by atoms with Crippen LogP contribution in [0, 0.1) is 0 Å². The van der Waals surface area contributed by atoms with Crippen LogP contribution in [0.5, 0.6) is 5.75 Å². The van der Waals surface area contributed by atoms with Crippen LogP contribution in [-0.4, -0.2) is 51.4 Å². The van der Waals surface area contributed by atoms with E-state index in [4.69, 9.17) is 16.3 Å². The monoisotopic (exact) mass is 511 g/mol. The number of nitrogens with zero attached hydrogens (tertiary/aromatic N) is 3. The van der Waals surface area contributed by atoms with E-state index in [1.165, 1.54) is 54.4 Å². The van der Waals surface area contributed by atoms with Gasteiger partial charge in [0.1, 0.15) is 17.3 Å². The molecule has 0 bridgehead atoms. The van der Waals surface area contributed by atoms with E-state index in [1.54, 1.807) is 24.3 Å². The summed E-state index contributed by atoms with van der Waals surface area (Å²) in [5.74, 6) is -0.494. The third-order valence-electron chi connectivity index (χ3n) is 5.79. The second kappa shape index (κ2) is 8.40. The second-order valence-electron chi connectivity index (χ2n) is 7.87. The lowest BCUT2D eigenvalue weighted by atomic mass is 10.1. The molecule has 0 aromatic heterocycles. The van der Waals surface area contributed by atoms with Crippen molar-refractivity contribution < 1.29 is 27.5 Å². The van der Waals surface area contributed by atoms with Crippen molar-refractivity contribution in [2.45, 2.75) is 4.90 Å². The van der Waals surface area contributed by atoms with Crippen LogP contribution >= 0.6 is 11.6 Å². The number of ether oxygens (including phenoxy) is 1. The molecule has 0 radical (unpaired) electrons. The predicted molar refractivity (Wildman–Crippen MR) is 129 cm³/mol. The Balaban J connectivity index is 1.35. The number of benzene rings is 3.